The Morgan fingerprint density at radius 3 is 1.45 bits per heavy atom. The van der Waals surface area contributed by atoms with Gasteiger partial charge in [0.1, 0.15) is 0 Å². The summed E-state index contributed by atoms with van der Waals surface area (Å²) >= 11 is 0. The highest BCUT2D eigenvalue weighted by atomic mass is 19.4. The number of hydrogen-bond acceptors (Lipinski definition) is 2. The Kier molecular flexibility index (Phi) is 9.46. The maximum Gasteiger partial charge on any atom is 0.416 e. The summed E-state index contributed by atoms with van der Waals surface area (Å²) in [6, 6.07) is 65.5. The minimum Gasteiger partial charge on any atom is -0.309 e. The Hall–Kier alpha value is -8.65. The van der Waals surface area contributed by atoms with Gasteiger partial charge in [-0.05, 0) is 131 Å². The molecule has 0 amide bonds. The van der Waals surface area contributed by atoms with E-state index in [2.05, 4.69) is 114 Å². The molecule has 66 heavy (non-hydrogen) atoms. The molecular weight excluding hydrogens is 822 g/mol. The average molecular weight is 859 g/mol. The zero-order valence-electron chi connectivity index (χ0n) is 35.8. The van der Waals surface area contributed by atoms with Crippen molar-refractivity contribution >= 4 is 43.6 Å². The quantitative estimate of drug-likeness (QED) is 0.167. The smallest absolute Gasteiger partial charge is 0.309 e. The first-order valence-electron chi connectivity index (χ1n) is 21.6. The molecule has 7 heteroatoms. The van der Waals surface area contributed by atoms with Gasteiger partial charge in [-0.1, -0.05) is 115 Å². The highest BCUT2D eigenvalue weighted by Gasteiger charge is 2.31. The maximum absolute atomic E-state index is 14.0. The first-order valence-corrected chi connectivity index (χ1v) is 21.6. The van der Waals surface area contributed by atoms with Crippen LogP contribution in [0.4, 0.5) is 13.2 Å². The van der Waals surface area contributed by atoms with Crippen LogP contribution in [0.1, 0.15) is 27.8 Å². The van der Waals surface area contributed by atoms with Gasteiger partial charge in [-0.15, -0.1) is 0 Å². The van der Waals surface area contributed by atoms with Crippen LogP contribution in [0, 0.1) is 36.5 Å². The maximum atomic E-state index is 14.0. The van der Waals surface area contributed by atoms with Crippen molar-refractivity contribution in [2.75, 3.05) is 0 Å². The highest BCUT2D eigenvalue weighted by molar-refractivity contribution is 6.13. The number of nitriles is 2. The first-order chi connectivity index (χ1) is 32.1. The van der Waals surface area contributed by atoms with E-state index in [-0.39, 0.29) is 5.56 Å². The lowest BCUT2D eigenvalue weighted by molar-refractivity contribution is -0.137. The van der Waals surface area contributed by atoms with Crippen LogP contribution in [0.25, 0.3) is 99.5 Å². The Bertz CT molecular complexity index is 3870. The topological polar surface area (TPSA) is 57.4 Å². The number of rotatable bonds is 6. The van der Waals surface area contributed by atoms with Crippen LogP contribution in [0.5, 0.6) is 0 Å². The van der Waals surface area contributed by atoms with Crippen LogP contribution in [0.15, 0.2) is 188 Å². The van der Waals surface area contributed by atoms with Crippen LogP contribution in [0.2, 0.25) is 0 Å². The van der Waals surface area contributed by atoms with Gasteiger partial charge >= 0.3 is 6.18 Å². The van der Waals surface area contributed by atoms with Gasteiger partial charge in [0.25, 0.3) is 0 Å². The number of hydrogen-bond donors (Lipinski definition) is 0. The number of nitrogens with zero attached hydrogens (tertiary/aromatic N) is 4. The third-order valence-corrected chi connectivity index (χ3v) is 12.9. The number of aryl methyl sites for hydroxylation is 2. The summed E-state index contributed by atoms with van der Waals surface area (Å²) in [6.45, 7) is 4.22. The van der Waals surface area contributed by atoms with Crippen LogP contribution in [-0.4, -0.2) is 9.13 Å². The second kappa shape index (κ2) is 15.6. The minimum atomic E-state index is -4.62. The molecule has 0 fully saturated rings. The van der Waals surface area contributed by atoms with E-state index < -0.39 is 11.7 Å². The Morgan fingerprint density at radius 2 is 0.894 bits per heavy atom. The SMILES string of the molecule is Cc1ccccc1-c1ccc2c(c1)c1ccccc1n2-c1ccc(-c2ccc(C(F)(F)F)cc2C#N)cc1-c1ccc(C#N)cc1-n1c2ccccc2c2cc(-c3ccccc3C)ccc21. The van der Waals surface area contributed by atoms with Crippen molar-refractivity contribution in [3.8, 4) is 68.0 Å². The summed E-state index contributed by atoms with van der Waals surface area (Å²) < 4.78 is 46.4. The summed E-state index contributed by atoms with van der Waals surface area (Å²) in [5, 5.41) is 25.0. The van der Waals surface area contributed by atoms with Crippen LogP contribution >= 0.6 is 0 Å². The van der Waals surface area contributed by atoms with Gasteiger partial charge in [-0.3, -0.25) is 0 Å². The number of para-hydroxylation sites is 2. The first kappa shape index (κ1) is 40.1. The van der Waals surface area contributed by atoms with Gasteiger partial charge in [0.05, 0.1) is 62.3 Å². The predicted octanol–water partition coefficient (Wildman–Crippen LogP) is 15.9. The molecular formula is C59H37F3N4. The van der Waals surface area contributed by atoms with Gasteiger partial charge < -0.3 is 9.13 Å². The standard InChI is InChI=1S/C59H37F3N4/c1-36-11-3-5-13-44(36)39-20-26-55-50(31-39)47-15-7-9-17-53(47)65(55)56-28-22-41(46-25-23-43(59(60,61)62)30-42(46)35-64)33-52(56)49-24-19-38(34-63)29-58(49)66-54-18-10-8-16-48(54)51-32-40(21-27-57(51)66)45-14-6-4-12-37(45)2/h3-33H,1-2H3. The van der Waals surface area contributed by atoms with E-state index in [1.807, 2.05) is 84.9 Å². The zero-order valence-corrected chi connectivity index (χ0v) is 35.8. The number of aromatic nitrogens is 2. The molecule has 0 spiro atoms. The van der Waals surface area contributed by atoms with E-state index in [9.17, 15) is 23.7 Å². The third kappa shape index (κ3) is 6.52. The van der Waals surface area contributed by atoms with Gasteiger partial charge in [-0.25, -0.2) is 0 Å². The summed E-state index contributed by atoms with van der Waals surface area (Å²) in [5.41, 5.74) is 14.1. The summed E-state index contributed by atoms with van der Waals surface area (Å²) in [6.07, 6.45) is -4.62. The van der Waals surface area contributed by atoms with E-state index in [1.54, 1.807) is 6.07 Å². The molecule has 0 bridgehead atoms. The van der Waals surface area contributed by atoms with E-state index in [4.69, 9.17) is 0 Å². The minimum absolute atomic E-state index is 0.0870. The van der Waals surface area contributed by atoms with Crippen LogP contribution in [0.3, 0.4) is 0 Å². The van der Waals surface area contributed by atoms with Crippen molar-refractivity contribution in [2.24, 2.45) is 0 Å². The number of halogens is 3. The lowest BCUT2D eigenvalue weighted by atomic mass is 9.92. The largest absolute Gasteiger partial charge is 0.416 e. The van der Waals surface area contributed by atoms with Gasteiger partial charge in [0.15, 0.2) is 0 Å². The van der Waals surface area contributed by atoms with Crippen LogP contribution < -0.4 is 0 Å². The molecule has 9 aromatic carbocycles. The predicted molar refractivity (Wildman–Crippen MR) is 261 cm³/mol. The van der Waals surface area contributed by atoms with Gasteiger partial charge in [-0.2, -0.15) is 23.7 Å². The molecule has 0 saturated carbocycles. The van der Waals surface area contributed by atoms with Gasteiger partial charge in [0.2, 0.25) is 0 Å². The lowest BCUT2D eigenvalue weighted by Gasteiger charge is -2.20. The van der Waals surface area contributed by atoms with Crippen molar-refractivity contribution in [1.82, 2.24) is 9.13 Å². The summed E-state index contributed by atoms with van der Waals surface area (Å²) in [7, 11) is 0. The van der Waals surface area contributed by atoms with E-state index in [0.29, 0.717) is 16.7 Å². The van der Waals surface area contributed by atoms with Crippen molar-refractivity contribution in [2.45, 2.75) is 20.0 Å². The van der Waals surface area contributed by atoms with E-state index >= 15 is 0 Å². The molecule has 4 nitrogen and oxygen atoms in total. The molecule has 0 saturated heterocycles. The Labute approximate surface area is 378 Å². The second-order valence-corrected chi connectivity index (χ2v) is 16.7. The van der Waals surface area contributed by atoms with Crippen LogP contribution in [-0.2, 0) is 6.18 Å². The Morgan fingerprint density at radius 1 is 0.394 bits per heavy atom. The molecule has 11 rings (SSSR count). The zero-order chi connectivity index (χ0) is 45.3. The molecule has 0 N–H and O–H groups in total. The molecule has 0 unspecified atom stereocenters. The molecule has 0 radical (unpaired) electrons. The van der Waals surface area contributed by atoms with Crippen molar-refractivity contribution in [3.05, 3.63) is 216 Å². The van der Waals surface area contributed by atoms with Crippen molar-refractivity contribution < 1.29 is 13.2 Å². The monoisotopic (exact) mass is 858 g/mol. The molecule has 0 aliphatic rings. The Balaban J connectivity index is 1.22. The molecule has 2 heterocycles. The third-order valence-electron chi connectivity index (χ3n) is 12.9. The molecule has 314 valence electrons. The second-order valence-electron chi connectivity index (χ2n) is 16.7. The fourth-order valence-electron chi connectivity index (χ4n) is 9.79. The van der Waals surface area contributed by atoms with E-state index in [1.165, 1.54) is 17.2 Å². The molecule has 0 aliphatic heterocycles. The highest BCUT2D eigenvalue weighted by Crippen LogP contribution is 2.44. The van der Waals surface area contributed by atoms with Crippen molar-refractivity contribution in [1.29, 1.82) is 10.5 Å². The number of alkyl halides is 3. The normalized spacial score (nSPS) is 11.7. The molecule has 0 atom stereocenters. The summed E-state index contributed by atoms with van der Waals surface area (Å²) in [5.74, 6) is 0. The van der Waals surface area contributed by atoms with Gasteiger partial charge in [0, 0.05) is 32.7 Å². The average Bonchev–Trinajstić information content (AvgIpc) is 3.85. The lowest BCUT2D eigenvalue weighted by Crippen LogP contribution is -2.05. The molecule has 0 aliphatic carbocycles. The fourth-order valence-corrected chi connectivity index (χ4v) is 9.79. The summed E-state index contributed by atoms with van der Waals surface area (Å²) in [4.78, 5) is 0. The number of benzene rings is 9. The fraction of sp³-hybridized carbons (Fsp3) is 0.0508. The molecule has 11 aromatic rings. The van der Waals surface area contributed by atoms with E-state index in [0.717, 1.165) is 100 Å². The van der Waals surface area contributed by atoms with Crippen molar-refractivity contribution in [3.63, 3.8) is 0 Å². The molecule has 2 aromatic heterocycles. The number of fused-ring (bicyclic) bond motifs is 6.